The van der Waals surface area contributed by atoms with E-state index in [1.807, 2.05) is 11.3 Å². The minimum Gasteiger partial charge on any atom is -0.455 e. The van der Waals surface area contributed by atoms with Gasteiger partial charge in [-0.15, -0.1) is 11.3 Å². The van der Waals surface area contributed by atoms with Crippen molar-refractivity contribution in [1.82, 2.24) is 4.57 Å². The first-order chi connectivity index (χ1) is 27.8. The lowest BCUT2D eigenvalue weighted by Gasteiger charge is -2.27. The first-order valence-corrected chi connectivity index (χ1v) is 19.8. The van der Waals surface area contributed by atoms with Crippen LogP contribution in [0.4, 0.5) is 17.1 Å². The van der Waals surface area contributed by atoms with Crippen molar-refractivity contribution in [2.75, 3.05) is 4.90 Å². The minimum atomic E-state index is 0.874. The molecule has 0 saturated carbocycles. The Bertz CT molecular complexity index is 3500. The molecule has 262 valence electrons. The van der Waals surface area contributed by atoms with E-state index in [4.69, 9.17) is 4.42 Å². The van der Waals surface area contributed by atoms with Crippen molar-refractivity contribution < 1.29 is 4.42 Å². The highest BCUT2D eigenvalue weighted by atomic mass is 32.1. The van der Waals surface area contributed by atoms with Gasteiger partial charge in [0.25, 0.3) is 0 Å². The first-order valence-electron chi connectivity index (χ1n) is 19.0. The number of furan rings is 1. The van der Waals surface area contributed by atoms with Crippen molar-refractivity contribution in [2.45, 2.75) is 0 Å². The van der Waals surface area contributed by atoms with Crippen LogP contribution in [0.1, 0.15) is 0 Å². The molecular weight excluding hydrogens is 701 g/mol. The van der Waals surface area contributed by atoms with E-state index in [0.717, 1.165) is 55.6 Å². The van der Waals surface area contributed by atoms with E-state index in [9.17, 15) is 0 Å². The monoisotopic (exact) mass is 732 g/mol. The fourth-order valence-electron chi connectivity index (χ4n) is 8.87. The van der Waals surface area contributed by atoms with Crippen molar-refractivity contribution in [3.05, 3.63) is 194 Å². The van der Waals surface area contributed by atoms with E-state index >= 15 is 0 Å². The average Bonchev–Trinajstić information content (AvgIpc) is 3.95. The van der Waals surface area contributed by atoms with Crippen LogP contribution in [0.25, 0.3) is 91.5 Å². The predicted octanol–water partition coefficient (Wildman–Crippen LogP) is 15.3. The Labute approximate surface area is 326 Å². The molecule has 0 aliphatic heterocycles. The van der Waals surface area contributed by atoms with Crippen LogP contribution in [0.2, 0.25) is 0 Å². The lowest BCUT2D eigenvalue weighted by Crippen LogP contribution is -2.10. The van der Waals surface area contributed by atoms with Crippen LogP contribution in [0.3, 0.4) is 0 Å². The predicted molar refractivity (Wildman–Crippen MR) is 239 cm³/mol. The molecule has 0 amide bonds. The Morgan fingerprint density at radius 1 is 0.446 bits per heavy atom. The van der Waals surface area contributed by atoms with Gasteiger partial charge in [0.15, 0.2) is 0 Å². The summed E-state index contributed by atoms with van der Waals surface area (Å²) in [6.07, 6.45) is 0. The summed E-state index contributed by atoms with van der Waals surface area (Å²) in [7, 11) is 0. The van der Waals surface area contributed by atoms with Crippen LogP contribution >= 0.6 is 11.3 Å². The quantitative estimate of drug-likeness (QED) is 0.176. The van der Waals surface area contributed by atoms with E-state index in [0.29, 0.717) is 0 Å². The van der Waals surface area contributed by atoms with Crippen molar-refractivity contribution in [1.29, 1.82) is 0 Å². The van der Waals surface area contributed by atoms with Gasteiger partial charge in [0, 0.05) is 48.4 Å². The Balaban J connectivity index is 1.10. The van der Waals surface area contributed by atoms with Gasteiger partial charge in [0.1, 0.15) is 11.2 Å². The largest absolute Gasteiger partial charge is 0.455 e. The molecule has 12 aromatic rings. The Morgan fingerprint density at radius 2 is 1.16 bits per heavy atom. The van der Waals surface area contributed by atoms with Gasteiger partial charge in [-0.25, -0.2) is 0 Å². The van der Waals surface area contributed by atoms with Crippen molar-refractivity contribution in [2.24, 2.45) is 0 Å². The highest BCUT2D eigenvalue weighted by Crippen LogP contribution is 2.49. The molecule has 12 rings (SSSR count). The number of nitrogens with zero attached hydrogens (tertiary/aromatic N) is 2. The second-order valence-corrected chi connectivity index (χ2v) is 15.5. The molecule has 0 fully saturated rings. The summed E-state index contributed by atoms with van der Waals surface area (Å²) in [6.45, 7) is 0. The summed E-state index contributed by atoms with van der Waals surface area (Å²) in [4.78, 5) is 2.45. The maximum absolute atomic E-state index is 6.74. The molecular formula is C52H32N2OS. The Morgan fingerprint density at radius 3 is 2.09 bits per heavy atom. The van der Waals surface area contributed by atoms with Crippen molar-refractivity contribution in [3.8, 4) is 16.8 Å². The zero-order chi connectivity index (χ0) is 36.7. The molecule has 3 heterocycles. The van der Waals surface area contributed by atoms with Crippen molar-refractivity contribution >= 4 is 103 Å². The summed E-state index contributed by atoms with van der Waals surface area (Å²) >= 11 is 1.86. The third-order valence-corrected chi connectivity index (χ3v) is 12.6. The smallest absolute Gasteiger partial charge is 0.143 e. The molecule has 4 heteroatoms. The molecule has 9 aromatic carbocycles. The van der Waals surface area contributed by atoms with Gasteiger partial charge >= 0.3 is 0 Å². The van der Waals surface area contributed by atoms with Gasteiger partial charge in [-0.05, 0) is 89.3 Å². The molecule has 0 aliphatic carbocycles. The maximum atomic E-state index is 6.74. The number of aromatic nitrogens is 1. The highest BCUT2D eigenvalue weighted by Gasteiger charge is 2.23. The van der Waals surface area contributed by atoms with Gasteiger partial charge in [0.2, 0.25) is 0 Å². The van der Waals surface area contributed by atoms with E-state index in [2.05, 4.69) is 204 Å². The molecule has 56 heavy (non-hydrogen) atoms. The molecule has 0 N–H and O–H groups in total. The van der Waals surface area contributed by atoms with Gasteiger partial charge in [0.05, 0.1) is 32.5 Å². The molecule has 0 radical (unpaired) electrons. The van der Waals surface area contributed by atoms with Crippen molar-refractivity contribution in [3.63, 3.8) is 0 Å². The molecule has 0 bridgehead atoms. The topological polar surface area (TPSA) is 21.3 Å². The second-order valence-electron chi connectivity index (χ2n) is 14.5. The third kappa shape index (κ3) is 4.63. The van der Waals surface area contributed by atoms with Crippen LogP contribution < -0.4 is 4.90 Å². The maximum Gasteiger partial charge on any atom is 0.143 e. The normalized spacial score (nSPS) is 11.9. The van der Waals surface area contributed by atoms with E-state index in [1.165, 1.54) is 52.9 Å². The van der Waals surface area contributed by atoms with E-state index < -0.39 is 0 Å². The minimum absolute atomic E-state index is 0.874. The fourth-order valence-corrected chi connectivity index (χ4v) is 10.1. The average molecular weight is 733 g/mol. The summed E-state index contributed by atoms with van der Waals surface area (Å²) in [5.74, 6) is 0. The molecule has 3 nitrogen and oxygen atoms in total. The fraction of sp³-hybridized carbons (Fsp3) is 0. The third-order valence-electron chi connectivity index (χ3n) is 11.4. The van der Waals surface area contributed by atoms with Gasteiger partial charge in [-0.1, -0.05) is 121 Å². The van der Waals surface area contributed by atoms with Crippen LogP contribution in [-0.2, 0) is 0 Å². The van der Waals surface area contributed by atoms with E-state index in [1.54, 1.807) is 0 Å². The number of para-hydroxylation sites is 2. The number of thiophene rings is 1. The number of fused-ring (bicyclic) bond motifs is 11. The summed E-state index contributed by atoms with van der Waals surface area (Å²) < 4.78 is 11.6. The lowest BCUT2D eigenvalue weighted by molar-refractivity contribution is 0.672. The Kier molecular flexibility index (Phi) is 6.80. The number of hydrogen-bond acceptors (Lipinski definition) is 3. The summed E-state index contributed by atoms with van der Waals surface area (Å²) in [5.41, 5.74) is 11.0. The lowest BCUT2D eigenvalue weighted by atomic mass is 10.0. The van der Waals surface area contributed by atoms with Crippen LogP contribution in [0.15, 0.2) is 199 Å². The molecule has 3 aromatic heterocycles. The SMILES string of the molecule is c1ccc(-n2c3ccccc3c3cc(-c4cccc(N(c5cccc6c5sc5ccccc56)c5cccc6oc7c8ccccc8ccc7c56)c4)ccc32)cc1. The molecule has 0 atom stereocenters. The number of anilines is 3. The highest BCUT2D eigenvalue weighted by molar-refractivity contribution is 7.26. The zero-order valence-electron chi connectivity index (χ0n) is 30.2. The summed E-state index contributed by atoms with van der Waals surface area (Å²) in [6, 6.07) is 70.2. The van der Waals surface area contributed by atoms with Gasteiger partial charge in [-0.2, -0.15) is 0 Å². The number of hydrogen-bond donors (Lipinski definition) is 0. The first kappa shape index (κ1) is 31.2. The zero-order valence-corrected chi connectivity index (χ0v) is 31.0. The number of benzene rings is 9. The summed E-state index contributed by atoms with van der Waals surface area (Å²) in [5, 5.41) is 9.53. The molecule has 0 spiro atoms. The molecule has 0 aliphatic rings. The Hall–Kier alpha value is -7.14. The van der Waals surface area contributed by atoms with Crippen LogP contribution in [0, 0.1) is 0 Å². The molecule has 0 unspecified atom stereocenters. The van der Waals surface area contributed by atoms with E-state index in [-0.39, 0.29) is 0 Å². The van der Waals surface area contributed by atoms with Gasteiger partial charge < -0.3 is 13.9 Å². The molecule has 0 saturated heterocycles. The van der Waals surface area contributed by atoms with Gasteiger partial charge in [-0.3, -0.25) is 0 Å². The standard InChI is InChI=1S/C52H32N2OS/c1-2-15-36(16-3-1)53-44-22-8-6-19-39(44)43-32-35(28-30-45(43)53)34-14-10-17-37(31-34)54(47-24-11-21-41-40-20-7-9-26-49(40)56-52(41)47)46-23-12-25-48-50(46)42-29-27-33-13-4-5-18-38(33)51(42)55-48/h1-32H. The second kappa shape index (κ2) is 12.2. The number of rotatable bonds is 5. The van der Waals surface area contributed by atoms with Crippen LogP contribution in [0.5, 0.6) is 0 Å². The van der Waals surface area contributed by atoms with Crippen LogP contribution in [-0.4, -0.2) is 4.57 Å².